The van der Waals surface area contributed by atoms with E-state index < -0.39 is 22.8 Å². The van der Waals surface area contributed by atoms with Crippen LogP contribution in [0, 0.1) is 0 Å². The number of aromatic amines is 1. The molecule has 0 bridgehead atoms. The fourth-order valence-electron chi connectivity index (χ4n) is 4.62. The Kier molecular flexibility index (Phi) is 5.55. The lowest BCUT2D eigenvalue weighted by atomic mass is 9.98. The van der Waals surface area contributed by atoms with Gasteiger partial charge in [-0.3, -0.25) is 9.69 Å². The number of nitrogens with one attached hydrogen (secondary N) is 1. The quantitative estimate of drug-likeness (QED) is 0.572. The Morgan fingerprint density at radius 1 is 1.19 bits per heavy atom. The molecule has 31 heavy (non-hydrogen) atoms. The zero-order valence-corrected chi connectivity index (χ0v) is 17.9. The molecular weight excluding hydrogens is 422 g/mol. The van der Waals surface area contributed by atoms with Gasteiger partial charge >= 0.3 is 5.97 Å². The molecule has 0 unspecified atom stereocenters. The van der Waals surface area contributed by atoms with Crippen LogP contribution in [0.3, 0.4) is 0 Å². The van der Waals surface area contributed by atoms with Crippen molar-refractivity contribution in [1.29, 1.82) is 0 Å². The van der Waals surface area contributed by atoms with Crippen LogP contribution in [0.2, 0.25) is 0 Å². The number of halogens is 1. The van der Waals surface area contributed by atoms with Crippen LogP contribution in [-0.4, -0.2) is 43.7 Å². The van der Waals surface area contributed by atoms with Crippen molar-refractivity contribution < 1.29 is 19.7 Å². The monoisotopic (exact) mass is 445 g/mol. The largest absolute Gasteiger partial charge is 0.506 e. The number of likely N-dealkylation sites (tertiary alicyclic amines) is 1. The maximum Gasteiger partial charge on any atom is 0.345 e. The molecule has 4 heterocycles. The van der Waals surface area contributed by atoms with Gasteiger partial charge in [0.15, 0.2) is 5.56 Å². The highest BCUT2D eigenvalue weighted by atomic mass is 35.5. The number of pyridine rings is 1. The number of carbonyl (C=O) groups is 1. The number of aryl methyl sites for hydroxylation is 1. The highest BCUT2D eigenvalue weighted by Gasteiger charge is 2.26. The van der Waals surface area contributed by atoms with E-state index in [2.05, 4.69) is 27.6 Å². The summed E-state index contributed by atoms with van der Waals surface area (Å²) in [7, 11) is 2.05. The first-order valence-corrected chi connectivity index (χ1v) is 10.1. The number of fused-ring (bicyclic) bond motifs is 4. The molecule has 5 rings (SSSR count). The fourth-order valence-corrected chi connectivity index (χ4v) is 4.62. The Balaban J connectivity index is 0.00000231. The second-order valence-electron chi connectivity index (χ2n) is 8.08. The molecule has 3 N–H and O–H groups in total. The topological polar surface area (TPSA) is 108 Å². The van der Waals surface area contributed by atoms with E-state index in [9.17, 15) is 19.8 Å². The maximum absolute atomic E-state index is 12.3. The first kappa shape index (κ1) is 21.4. The van der Waals surface area contributed by atoms with Gasteiger partial charge in [-0.1, -0.05) is 0 Å². The standard InChI is InChI=1S/C22H23N3O5.ClH/c1-24-14(9-25-4-2-3-5-25)6-12-7-15-13(8-17(12)24)10-30-11-16-19(15)23-21(27)18(20(16)26)22(28)29;/h6-8H,2-5,9-11H2,1H3,(H,28,29)(H2,23,26,27);1H. The second kappa shape index (κ2) is 8.03. The highest BCUT2D eigenvalue weighted by Crippen LogP contribution is 2.37. The number of aromatic carboxylic acids is 1. The summed E-state index contributed by atoms with van der Waals surface area (Å²) in [5, 5.41) is 20.8. The molecule has 2 aromatic heterocycles. The van der Waals surface area contributed by atoms with E-state index in [1.807, 2.05) is 12.1 Å². The molecular formula is C22H24ClN3O5. The van der Waals surface area contributed by atoms with Gasteiger partial charge in [0.1, 0.15) is 5.75 Å². The van der Waals surface area contributed by atoms with Crippen molar-refractivity contribution in [2.24, 2.45) is 7.05 Å². The van der Waals surface area contributed by atoms with Crippen molar-refractivity contribution in [3.63, 3.8) is 0 Å². The first-order valence-electron chi connectivity index (χ1n) is 10.1. The van der Waals surface area contributed by atoms with Crippen LogP contribution in [-0.2, 0) is 31.5 Å². The number of hydrogen-bond donors (Lipinski definition) is 3. The highest BCUT2D eigenvalue weighted by molar-refractivity contribution is 5.93. The number of carboxylic acid groups (broad SMARTS) is 1. The van der Waals surface area contributed by atoms with Gasteiger partial charge in [0, 0.05) is 41.3 Å². The molecule has 0 aliphatic carbocycles. The van der Waals surface area contributed by atoms with Crippen molar-refractivity contribution in [1.82, 2.24) is 14.5 Å². The third-order valence-corrected chi connectivity index (χ3v) is 6.23. The van der Waals surface area contributed by atoms with Crippen LogP contribution >= 0.6 is 12.4 Å². The van der Waals surface area contributed by atoms with Crippen LogP contribution in [0.4, 0.5) is 0 Å². The van der Waals surface area contributed by atoms with Gasteiger partial charge < -0.3 is 24.5 Å². The maximum atomic E-state index is 12.3. The molecule has 0 saturated carbocycles. The lowest BCUT2D eigenvalue weighted by molar-refractivity contribution is 0.0690. The Labute approximate surface area is 184 Å². The molecule has 0 spiro atoms. The van der Waals surface area contributed by atoms with Gasteiger partial charge in [0.25, 0.3) is 5.56 Å². The summed E-state index contributed by atoms with van der Waals surface area (Å²) in [4.78, 5) is 28.8. The molecule has 0 amide bonds. The molecule has 1 aromatic carbocycles. The molecule has 2 aliphatic rings. The van der Waals surface area contributed by atoms with Crippen molar-refractivity contribution >= 4 is 29.3 Å². The molecule has 0 atom stereocenters. The summed E-state index contributed by atoms with van der Waals surface area (Å²) >= 11 is 0. The van der Waals surface area contributed by atoms with E-state index in [1.165, 1.54) is 18.5 Å². The van der Waals surface area contributed by atoms with Crippen molar-refractivity contribution in [2.45, 2.75) is 32.6 Å². The van der Waals surface area contributed by atoms with E-state index in [0.717, 1.165) is 41.7 Å². The average molecular weight is 446 g/mol. The second-order valence-corrected chi connectivity index (χ2v) is 8.08. The molecule has 8 nitrogen and oxygen atoms in total. The minimum absolute atomic E-state index is 0. The minimum Gasteiger partial charge on any atom is -0.506 e. The predicted molar refractivity (Wildman–Crippen MR) is 118 cm³/mol. The van der Waals surface area contributed by atoms with E-state index >= 15 is 0 Å². The lowest BCUT2D eigenvalue weighted by Crippen LogP contribution is -2.20. The normalized spacial score (nSPS) is 15.9. The fraction of sp³-hybridized carbons (Fsp3) is 0.364. The smallest absolute Gasteiger partial charge is 0.345 e. The Bertz CT molecular complexity index is 1240. The summed E-state index contributed by atoms with van der Waals surface area (Å²) in [6.45, 7) is 3.44. The zero-order valence-electron chi connectivity index (χ0n) is 17.1. The molecule has 164 valence electrons. The summed E-state index contributed by atoms with van der Waals surface area (Å²) in [6.07, 6.45) is 2.48. The molecule has 2 aliphatic heterocycles. The zero-order chi connectivity index (χ0) is 21.0. The number of rotatable bonds is 3. The number of H-pyrrole nitrogens is 1. The average Bonchev–Trinajstić information content (AvgIpc) is 3.26. The van der Waals surface area contributed by atoms with Crippen LogP contribution < -0.4 is 5.56 Å². The molecule has 1 saturated heterocycles. The Morgan fingerprint density at radius 2 is 1.94 bits per heavy atom. The van der Waals surface area contributed by atoms with Crippen LogP contribution in [0.15, 0.2) is 23.0 Å². The van der Waals surface area contributed by atoms with Gasteiger partial charge in [-0.2, -0.15) is 0 Å². The third kappa shape index (κ3) is 3.50. The van der Waals surface area contributed by atoms with Crippen LogP contribution in [0.5, 0.6) is 5.75 Å². The molecule has 3 aromatic rings. The first-order chi connectivity index (χ1) is 14.4. The molecule has 1 fully saturated rings. The van der Waals surface area contributed by atoms with Gasteiger partial charge in [0.2, 0.25) is 0 Å². The number of ether oxygens (including phenoxy) is 1. The number of benzene rings is 1. The third-order valence-electron chi connectivity index (χ3n) is 6.23. The molecule has 9 heteroatoms. The Hall–Kier alpha value is -2.81. The SMILES string of the molecule is Cl.Cn1c(CN2CCCC2)cc2cc3c(cc21)COCc1c-3[nH]c(=O)c(C(=O)O)c1O. The van der Waals surface area contributed by atoms with E-state index in [0.29, 0.717) is 17.9 Å². The number of aromatic nitrogens is 2. The van der Waals surface area contributed by atoms with Crippen molar-refractivity contribution in [2.75, 3.05) is 13.1 Å². The van der Waals surface area contributed by atoms with E-state index in [1.54, 1.807) is 0 Å². The number of aromatic hydroxyl groups is 1. The number of hydrogen-bond acceptors (Lipinski definition) is 5. The summed E-state index contributed by atoms with van der Waals surface area (Å²) in [5.41, 5.74) is 3.14. The predicted octanol–water partition coefficient (Wildman–Crippen LogP) is 2.99. The van der Waals surface area contributed by atoms with Gasteiger partial charge in [-0.05, 0) is 49.7 Å². The molecule has 0 radical (unpaired) electrons. The summed E-state index contributed by atoms with van der Waals surface area (Å²) < 4.78 is 7.90. The van der Waals surface area contributed by atoms with Crippen molar-refractivity contribution in [3.8, 4) is 17.0 Å². The number of carboxylic acids is 1. The van der Waals surface area contributed by atoms with Gasteiger partial charge in [-0.15, -0.1) is 12.4 Å². The van der Waals surface area contributed by atoms with Crippen LogP contribution in [0.25, 0.3) is 22.2 Å². The van der Waals surface area contributed by atoms with Gasteiger partial charge in [0.05, 0.1) is 18.9 Å². The summed E-state index contributed by atoms with van der Waals surface area (Å²) in [5.74, 6) is -2.00. The van der Waals surface area contributed by atoms with Crippen molar-refractivity contribution in [3.05, 3.63) is 50.9 Å². The van der Waals surface area contributed by atoms with Gasteiger partial charge in [-0.25, -0.2) is 4.79 Å². The van der Waals surface area contributed by atoms with E-state index in [-0.39, 0.29) is 19.0 Å². The summed E-state index contributed by atoms with van der Waals surface area (Å²) in [6, 6.07) is 6.19. The lowest BCUT2D eigenvalue weighted by Gasteiger charge is -2.15. The number of nitrogens with zero attached hydrogens (tertiary/aromatic N) is 2. The van der Waals surface area contributed by atoms with Crippen LogP contribution in [0.1, 0.15) is 40.0 Å². The van der Waals surface area contributed by atoms with E-state index in [4.69, 9.17) is 4.74 Å². The minimum atomic E-state index is -1.47. The Morgan fingerprint density at radius 3 is 2.65 bits per heavy atom.